The quantitative estimate of drug-likeness (QED) is 0.564. The maximum Gasteiger partial charge on any atom is 0.333 e. The zero-order valence-corrected chi connectivity index (χ0v) is 5.40. The Morgan fingerprint density at radius 1 is 1.50 bits per heavy atom. The average molecular weight is 148 g/mol. The van der Waals surface area contributed by atoms with Crippen molar-refractivity contribution >= 4 is 11.9 Å². The Bertz CT molecular complexity index is 141. The third-order valence-corrected chi connectivity index (χ3v) is 0.920. The molecule has 0 fully saturated rings. The molecule has 2 N–H and O–H groups in total. The molecule has 58 valence electrons. The van der Waals surface area contributed by atoms with Crippen LogP contribution in [-0.4, -0.2) is 35.4 Å². The van der Waals surface area contributed by atoms with Gasteiger partial charge < -0.3 is 14.9 Å². The summed E-state index contributed by atoms with van der Waals surface area (Å²) in [4.78, 5) is 20.0. The highest BCUT2D eigenvalue weighted by atomic mass is 16.5. The minimum atomic E-state index is -1.26. The van der Waals surface area contributed by atoms with Gasteiger partial charge in [-0.05, 0) is 0 Å². The number of aliphatic carboxylic acids is 2. The third-order valence-electron chi connectivity index (χ3n) is 0.920. The van der Waals surface area contributed by atoms with E-state index < -0.39 is 24.5 Å². The first-order valence-electron chi connectivity index (χ1n) is 2.55. The third kappa shape index (κ3) is 3.03. The fourth-order valence-corrected chi connectivity index (χ4v) is 0.430. The van der Waals surface area contributed by atoms with E-state index in [1.807, 2.05) is 0 Å². The molecule has 0 aliphatic rings. The molecule has 0 spiro atoms. The van der Waals surface area contributed by atoms with Crippen molar-refractivity contribution in [3.8, 4) is 0 Å². The average Bonchev–Trinajstić information content (AvgIpc) is 1.81. The lowest BCUT2D eigenvalue weighted by atomic mass is 10.2. The van der Waals surface area contributed by atoms with E-state index in [2.05, 4.69) is 4.74 Å². The molecule has 1 atom stereocenters. The topological polar surface area (TPSA) is 83.8 Å². The van der Waals surface area contributed by atoms with Gasteiger partial charge in [-0.1, -0.05) is 0 Å². The van der Waals surface area contributed by atoms with Crippen LogP contribution in [0.25, 0.3) is 0 Å². The van der Waals surface area contributed by atoms with Gasteiger partial charge in [-0.2, -0.15) is 0 Å². The molecule has 0 aliphatic heterocycles. The van der Waals surface area contributed by atoms with Crippen molar-refractivity contribution in [1.29, 1.82) is 0 Å². The highest BCUT2D eigenvalue weighted by Crippen LogP contribution is 1.95. The van der Waals surface area contributed by atoms with Crippen molar-refractivity contribution in [3.63, 3.8) is 0 Å². The molecule has 0 aliphatic carbocycles. The van der Waals surface area contributed by atoms with E-state index in [9.17, 15) is 9.59 Å². The molecule has 5 nitrogen and oxygen atoms in total. The maximum absolute atomic E-state index is 10.1. The Morgan fingerprint density at radius 2 is 2.00 bits per heavy atom. The SMILES string of the molecule is CO[C@@H](CC(=O)O)C(=O)O. The van der Waals surface area contributed by atoms with Crippen LogP contribution in [0.2, 0.25) is 0 Å². The molecule has 5 heteroatoms. The van der Waals surface area contributed by atoms with Gasteiger partial charge in [0.25, 0.3) is 0 Å². The number of methoxy groups -OCH3 is 1. The lowest BCUT2D eigenvalue weighted by Gasteiger charge is -2.05. The normalized spacial score (nSPS) is 12.5. The summed E-state index contributed by atoms with van der Waals surface area (Å²) < 4.78 is 4.34. The monoisotopic (exact) mass is 148 g/mol. The predicted molar refractivity (Wildman–Crippen MR) is 30.7 cm³/mol. The summed E-state index contributed by atoms with van der Waals surface area (Å²) in [6.45, 7) is 0. The van der Waals surface area contributed by atoms with E-state index in [4.69, 9.17) is 10.2 Å². The fourth-order valence-electron chi connectivity index (χ4n) is 0.430. The van der Waals surface area contributed by atoms with E-state index in [-0.39, 0.29) is 0 Å². The molecule has 0 aromatic carbocycles. The van der Waals surface area contributed by atoms with Crippen molar-refractivity contribution < 1.29 is 24.5 Å². The summed E-state index contributed by atoms with van der Waals surface area (Å²) in [5.41, 5.74) is 0. The van der Waals surface area contributed by atoms with Crippen molar-refractivity contribution in [3.05, 3.63) is 0 Å². The molecule has 0 bridgehead atoms. The molecule has 0 aromatic rings. The lowest BCUT2D eigenvalue weighted by molar-refractivity contribution is -0.154. The molecule has 10 heavy (non-hydrogen) atoms. The smallest absolute Gasteiger partial charge is 0.333 e. The first kappa shape index (κ1) is 8.90. The van der Waals surface area contributed by atoms with Crippen LogP contribution in [0.15, 0.2) is 0 Å². The summed E-state index contributed by atoms with van der Waals surface area (Å²) in [6.07, 6.45) is -1.75. The van der Waals surface area contributed by atoms with E-state index in [1.165, 1.54) is 0 Å². The van der Waals surface area contributed by atoms with Crippen molar-refractivity contribution in [2.45, 2.75) is 12.5 Å². The van der Waals surface area contributed by atoms with Crippen LogP contribution in [0.5, 0.6) is 0 Å². The molecular weight excluding hydrogens is 140 g/mol. The summed E-state index contributed by atoms with van der Waals surface area (Å²) in [6, 6.07) is 0. The second kappa shape index (κ2) is 3.84. The summed E-state index contributed by atoms with van der Waals surface area (Å²) in [5.74, 6) is -2.45. The van der Waals surface area contributed by atoms with Crippen LogP contribution < -0.4 is 0 Å². The summed E-state index contributed by atoms with van der Waals surface area (Å²) in [7, 11) is 1.15. The number of hydrogen-bond acceptors (Lipinski definition) is 3. The second-order valence-corrected chi connectivity index (χ2v) is 1.66. The van der Waals surface area contributed by atoms with Crippen LogP contribution in [0.4, 0.5) is 0 Å². The van der Waals surface area contributed by atoms with Gasteiger partial charge in [-0.25, -0.2) is 4.79 Å². The standard InChI is InChI=1S/C5H8O5/c1-10-3(5(8)9)2-4(6)7/h3H,2H2,1H3,(H,6,7)(H,8,9)/t3-/m0/s1. The summed E-state index contributed by atoms with van der Waals surface area (Å²) >= 11 is 0. The van der Waals surface area contributed by atoms with Crippen molar-refractivity contribution in [2.75, 3.05) is 7.11 Å². The van der Waals surface area contributed by atoms with E-state index >= 15 is 0 Å². The van der Waals surface area contributed by atoms with Gasteiger partial charge in [0.2, 0.25) is 0 Å². The Hall–Kier alpha value is -1.10. The number of carboxylic acid groups (broad SMARTS) is 2. The second-order valence-electron chi connectivity index (χ2n) is 1.66. The Morgan fingerprint density at radius 3 is 2.10 bits per heavy atom. The molecule has 0 rings (SSSR count). The van der Waals surface area contributed by atoms with Crippen LogP contribution in [0, 0.1) is 0 Å². The zero-order valence-electron chi connectivity index (χ0n) is 5.40. The highest BCUT2D eigenvalue weighted by molar-refractivity contribution is 5.79. The number of hydrogen-bond donors (Lipinski definition) is 2. The molecule has 0 radical (unpaired) electrons. The van der Waals surface area contributed by atoms with Gasteiger partial charge in [-0.3, -0.25) is 4.79 Å². The van der Waals surface area contributed by atoms with Gasteiger partial charge >= 0.3 is 11.9 Å². The summed E-state index contributed by atoms with van der Waals surface area (Å²) in [5, 5.41) is 16.4. The van der Waals surface area contributed by atoms with E-state index in [0.29, 0.717) is 0 Å². The Labute approximate surface area is 57.2 Å². The lowest BCUT2D eigenvalue weighted by Crippen LogP contribution is -2.25. The zero-order chi connectivity index (χ0) is 8.15. The fraction of sp³-hybridized carbons (Fsp3) is 0.600. The molecule has 0 aromatic heterocycles. The van der Waals surface area contributed by atoms with Crippen LogP contribution in [0.3, 0.4) is 0 Å². The molecule has 0 unspecified atom stereocenters. The van der Waals surface area contributed by atoms with Crippen LogP contribution in [-0.2, 0) is 14.3 Å². The van der Waals surface area contributed by atoms with Gasteiger partial charge in [0.05, 0.1) is 6.42 Å². The predicted octanol–water partition coefficient (Wildman–Crippen LogP) is -0.439. The number of carboxylic acids is 2. The van der Waals surface area contributed by atoms with Gasteiger partial charge in [0.15, 0.2) is 6.10 Å². The highest BCUT2D eigenvalue weighted by Gasteiger charge is 2.19. The van der Waals surface area contributed by atoms with Gasteiger partial charge in [-0.15, -0.1) is 0 Å². The minimum Gasteiger partial charge on any atom is -0.481 e. The van der Waals surface area contributed by atoms with Crippen molar-refractivity contribution in [1.82, 2.24) is 0 Å². The van der Waals surface area contributed by atoms with Crippen molar-refractivity contribution in [2.24, 2.45) is 0 Å². The molecule has 0 saturated heterocycles. The van der Waals surface area contributed by atoms with E-state index in [0.717, 1.165) is 7.11 Å². The van der Waals surface area contributed by atoms with Crippen LogP contribution >= 0.6 is 0 Å². The Balaban J connectivity index is 3.83. The Kier molecular flexibility index (Phi) is 3.42. The molecular formula is C5H8O5. The van der Waals surface area contributed by atoms with E-state index in [1.54, 1.807) is 0 Å². The van der Waals surface area contributed by atoms with Gasteiger partial charge in [0.1, 0.15) is 0 Å². The number of ether oxygens (including phenoxy) is 1. The first-order chi connectivity index (χ1) is 4.57. The largest absolute Gasteiger partial charge is 0.481 e. The maximum atomic E-state index is 10.1. The number of rotatable bonds is 4. The van der Waals surface area contributed by atoms with Gasteiger partial charge in [0, 0.05) is 7.11 Å². The minimum absolute atomic E-state index is 0.508. The first-order valence-corrected chi connectivity index (χ1v) is 2.55. The van der Waals surface area contributed by atoms with Crippen LogP contribution in [0.1, 0.15) is 6.42 Å². The molecule has 0 amide bonds. The molecule has 0 heterocycles. The molecule has 0 saturated carbocycles. The number of carbonyl (C=O) groups is 2.